The van der Waals surface area contributed by atoms with Crippen LogP contribution < -0.4 is 14.8 Å². The third-order valence-electron chi connectivity index (χ3n) is 3.45. The third-order valence-corrected chi connectivity index (χ3v) is 3.45. The number of ether oxygens (including phenoxy) is 2. The number of carbonyl (C=O) groups excluding carboxylic acids is 1. The highest BCUT2D eigenvalue weighted by Gasteiger charge is 2.17. The van der Waals surface area contributed by atoms with Crippen LogP contribution in [0.2, 0.25) is 0 Å². The van der Waals surface area contributed by atoms with E-state index in [2.05, 4.69) is 10.5 Å². The van der Waals surface area contributed by atoms with Gasteiger partial charge in [0.25, 0.3) is 5.91 Å². The van der Waals surface area contributed by atoms with Crippen molar-refractivity contribution in [2.24, 2.45) is 5.16 Å². The summed E-state index contributed by atoms with van der Waals surface area (Å²) in [4.78, 5) is 17.2. The Morgan fingerprint density at radius 2 is 2.04 bits per heavy atom. The van der Waals surface area contributed by atoms with Crippen molar-refractivity contribution in [1.82, 2.24) is 0 Å². The number of carbonyl (C=O) groups is 1. The molecule has 2 aromatic rings. The second-order valence-corrected chi connectivity index (χ2v) is 5.38. The molecule has 1 N–H and O–H groups in total. The van der Waals surface area contributed by atoms with Crippen LogP contribution in [0.1, 0.15) is 12.5 Å². The Bertz CT molecular complexity index is 794. The number of hydrogen-bond acceptors (Lipinski definition) is 5. The lowest BCUT2D eigenvalue weighted by atomic mass is 10.2. The Labute approximate surface area is 144 Å². The van der Waals surface area contributed by atoms with E-state index in [1.807, 2.05) is 0 Å². The van der Waals surface area contributed by atoms with Crippen molar-refractivity contribution < 1.29 is 23.5 Å². The summed E-state index contributed by atoms with van der Waals surface area (Å²) in [6.45, 7) is 2.54. The highest BCUT2D eigenvalue weighted by atomic mass is 19.1. The minimum absolute atomic E-state index is 0.367. The van der Waals surface area contributed by atoms with E-state index >= 15 is 0 Å². The highest BCUT2D eigenvalue weighted by Crippen LogP contribution is 2.32. The van der Waals surface area contributed by atoms with Crippen molar-refractivity contribution >= 4 is 17.8 Å². The topological polar surface area (TPSA) is 69.2 Å². The number of rotatable bonds is 5. The summed E-state index contributed by atoms with van der Waals surface area (Å²) >= 11 is 0. The maximum absolute atomic E-state index is 13.1. The zero-order chi connectivity index (χ0) is 17.6. The van der Waals surface area contributed by atoms with Crippen LogP contribution in [0.5, 0.6) is 11.5 Å². The van der Waals surface area contributed by atoms with Crippen molar-refractivity contribution in [3.05, 3.63) is 53.8 Å². The molecule has 130 valence electrons. The van der Waals surface area contributed by atoms with E-state index in [1.54, 1.807) is 37.3 Å². The molecule has 1 aliphatic heterocycles. The average Bonchev–Trinajstić information content (AvgIpc) is 2.61. The van der Waals surface area contributed by atoms with E-state index in [4.69, 9.17) is 14.3 Å². The number of oxime groups is 1. The van der Waals surface area contributed by atoms with Gasteiger partial charge in [-0.15, -0.1) is 0 Å². The first kappa shape index (κ1) is 16.8. The van der Waals surface area contributed by atoms with Gasteiger partial charge in [0, 0.05) is 11.8 Å². The van der Waals surface area contributed by atoms with Gasteiger partial charge in [0.05, 0.1) is 6.21 Å². The number of anilines is 1. The number of hydrogen-bond donors (Lipinski definition) is 1. The van der Waals surface area contributed by atoms with Crippen LogP contribution in [-0.2, 0) is 9.63 Å². The van der Waals surface area contributed by atoms with Gasteiger partial charge in [-0.3, -0.25) is 4.79 Å². The Kier molecular flexibility index (Phi) is 5.13. The van der Waals surface area contributed by atoms with Gasteiger partial charge < -0.3 is 19.6 Å². The molecule has 0 radical (unpaired) electrons. The van der Waals surface area contributed by atoms with E-state index in [9.17, 15) is 9.18 Å². The van der Waals surface area contributed by atoms with Crippen LogP contribution in [0.25, 0.3) is 0 Å². The molecule has 2 aromatic carbocycles. The molecule has 1 aliphatic rings. The lowest BCUT2D eigenvalue weighted by Gasteiger charge is -2.19. The molecule has 0 fully saturated rings. The maximum atomic E-state index is 13.1. The van der Waals surface area contributed by atoms with E-state index in [1.165, 1.54) is 18.3 Å². The molecule has 0 aromatic heterocycles. The highest BCUT2D eigenvalue weighted by molar-refractivity contribution is 5.94. The molecule has 7 heteroatoms. The predicted molar refractivity (Wildman–Crippen MR) is 90.6 cm³/mol. The van der Waals surface area contributed by atoms with Crippen molar-refractivity contribution in [2.45, 2.75) is 13.0 Å². The molecular formula is C18H17FN2O4. The molecule has 25 heavy (non-hydrogen) atoms. The molecule has 1 atom stereocenters. The fourth-order valence-electron chi connectivity index (χ4n) is 2.18. The van der Waals surface area contributed by atoms with Crippen LogP contribution in [0, 0.1) is 5.82 Å². The Morgan fingerprint density at radius 1 is 1.24 bits per heavy atom. The Hall–Kier alpha value is -3.09. The lowest BCUT2D eigenvalue weighted by Crippen LogP contribution is -2.26. The number of fused-ring (bicyclic) bond motifs is 1. The van der Waals surface area contributed by atoms with Crippen LogP contribution in [0.3, 0.4) is 0 Å². The Morgan fingerprint density at radius 3 is 2.84 bits per heavy atom. The zero-order valence-electron chi connectivity index (χ0n) is 13.6. The van der Waals surface area contributed by atoms with Gasteiger partial charge >= 0.3 is 0 Å². The number of benzene rings is 2. The van der Waals surface area contributed by atoms with Gasteiger partial charge in [-0.2, -0.15) is 0 Å². The van der Waals surface area contributed by atoms with Crippen molar-refractivity contribution in [1.29, 1.82) is 0 Å². The smallest absolute Gasteiger partial charge is 0.267 e. The van der Waals surface area contributed by atoms with Crippen LogP contribution in [0.15, 0.2) is 47.6 Å². The van der Waals surface area contributed by atoms with Crippen LogP contribution in [-0.4, -0.2) is 31.4 Å². The van der Waals surface area contributed by atoms with Crippen molar-refractivity contribution in [3.8, 4) is 11.5 Å². The molecule has 0 unspecified atom stereocenters. The quantitative estimate of drug-likeness (QED) is 0.669. The van der Waals surface area contributed by atoms with Gasteiger partial charge in [-0.1, -0.05) is 17.3 Å². The summed E-state index contributed by atoms with van der Waals surface area (Å²) in [6.07, 6.45) is 0.523. The first-order valence-electron chi connectivity index (χ1n) is 7.77. The number of nitrogens with one attached hydrogen (secondary N) is 1. The fraction of sp³-hybridized carbons (Fsp3) is 0.222. The lowest BCUT2D eigenvalue weighted by molar-refractivity contribution is -0.126. The summed E-state index contributed by atoms with van der Waals surface area (Å²) in [7, 11) is 0. The standard InChI is InChI=1S/C18H17FN2O4/c1-12(25-20-11-13-3-2-4-14(19)9-13)18(22)21-15-5-6-16-17(10-15)24-8-7-23-16/h2-6,9-12H,7-8H2,1H3,(H,21,22)/b20-11-/t12-/m0/s1. The van der Waals surface area contributed by atoms with Gasteiger partial charge in [0.2, 0.25) is 6.10 Å². The monoisotopic (exact) mass is 344 g/mol. The minimum atomic E-state index is -0.821. The largest absolute Gasteiger partial charge is 0.486 e. The summed E-state index contributed by atoms with van der Waals surface area (Å²) in [6, 6.07) is 11.0. The number of nitrogens with zero attached hydrogens (tertiary/aromatic N) is 1. The normalized spacial score (nSPS) is 14.2. The summed E-state index contributed by atoms with van der Waals surface area (Å²) < 4.78 is 24.0. The van der Waals surface area contributed by atoms with Gasteiger partial charge in [-0.25, -0.2) is 4.39 Å². The molecule has 0 saturated carbocycles. The molecule has 0 aliphatic carbocycles. The second kappa shape index (κ2) is 7.65. The average molecular weight is 344 g/mol. The third kappa shape index (κ3) is 4.47. The molecule has 1 amide bonds. The van der Waals surface area contributed by atoms with E-state index in [0.29, 0.717) is 36.0 Å². The van der Waals surface area contributed by atoms with Gasteiger partial charge in [-0.05, 0) is 36.8 Å². The predicted octanol–water partition coefficient (Wildman–Crippen LogP) is 2.97. The minimum Gasteiger partial charge on any atom is -0.486 e. The van der Waals surface area contributed by atoms with Crippen LogP contribution >= 0.6 is 0 Å². The summed E-state index contributed by atoms with van der Waals surface area (Å²) in [5, 5.41) is 6.43. The van der Waals surface area contributed by atoms with Crippen LogP contribution in [0.4, 0.5) is 10.1 Å². The van der Waals surface area contributed by atoms with Crippen molar-refractivity contribution in [2.75, 3.05) is 18.5 Å². The molecule has 0 bridgehead atoms. The Balaban J connectivity index is 1.55. The molecular weight excluding hydrogens is 327 g/mol. The fourth-order valence-corrected chi connectivity index (χ4v) is 2.18. The van der Waals surface area contributed by atoms with Gasteiger partial charge in [0.1, 0.15) is 19.0 Å². The molecule has 0 spiro atoms. The van der Waals surface area contributed by atoms with Crippen molar-refractivity contribution in [3.63, 3.8) is 0 Å². The molecule has 0 saturated heterocycles. The first-order chi connectivity index (χ1) is 12.1. The zero-order valence-corrected chi connectivity index (χ0v) is 13.6. The van der Waals surface area contributed by atoms with E-state index in [-0.39, 0.29) is 11.7 Å². The maximum Gasteiger partial charge on any atom is 0.267 e. The number of amides is 1. The second-order valence-electron chi connectivity index (χ2n) is 5.38. The summed E-state index contributed by atoms with van der Waals surface area (Å²) in [5.74, 6) is 0.497. The molecule has 1 heterocycles. The SMILES string of the molecule is C[C@H](O/N=C\c1cccc(F)c1)C(=O)Nc1ccc2c(c1)OCCO2. The van der Waals surface area contributed by atoms with E-state index in [0.717, 1.165) is 0 Å². The molecule has 6 nitrogen and oxygen atoms in total. The van der Waals surface area contributed by atoms with Gasteiger partial charge in [0.15, 0.2) is 11.5 Å². The first-order valence-corrected chi connectivity index (χ1v) is 7.77. The summed E-state index contributed by atoms with van der Waals surface area (Å²) in [5.41, 5.74) is 1.11. The van der Waals surface area contributed by atoms with E-state index < -0.39 is 6.10 Å². The number of halogens is 1. The molecule has 3 rings (SSSR count).